The van der Waals surface area contributed by atoms with Crippen LogP contribution in [-0.2, 0) is 9.47 Å². The topological polar surface area (TPSA) is 35.5 Å². The highest BCUT2D eigenvalue weighted by Gasteiger charge is 2.58. The van der Waals surface area contributed by atoms with Crippen LogP contribution >= 0.6 is 0 Å². The first-order valence-electron chi connectivity index (χ1n) is 16.4. The number of carbonyl (C=O) groups excluding carboxylic acids is 1. The van der Waals surface area contributed by atoms with Crippen LogP contribution in [0.15, 0.2) is 11.6 Å². The molecule has 0 radical (unpaired) electrons. The van der Waals surface area contributed by atoms with Gasteiger partial charge in [0, 0.05) is 6.42 Å². The van der Waals surface area contributed by atoms with Crippen molar-refractivity contribution in [2.45, 2.75) is 156 Å². The molecule has 0 bridgehead atoms. The zero-order chi connectivity index (χ0) is 26.3. The van der Waals surface area contributed by atoms with Gasteiger partial charge in [-0.3, -0.25) is 0 Å². The Bertz CT molecular complexity index is 758. The van der Waals surface area contributed by atoms with E-state index in [1.807, 2.05) is 0 Å². The van der Waals surface area contributed by atoms with Crippen molar-refractivity contribution < 1.29 is 14.3 Å². The summed E-state index contributed by atoms with van der Waals surface area (Å²) in [6.07, 6.45) is 26.8. The van der Waals surface area contributed by atoms with E-state index in [1.165, 1.54) is 96.3 Å². The third-order valence-corrected chi connectivity index (χ3v) is 11.6. The SMILES string of the molecule is CCCCCCCC[C@H]1CC[C@H]2[C@@H]3CC=C4C[C@@H](OC(=O)OCCCCCC)CC[C@]4(C)[C@H]3CC[C@]12C. The lowest BCUT2D eigenvalue weighted by molar-refractivity contribution is -0.0563. The number of hydrogen-bond donors (Lipinski definition) is 0. The lowest BCUT2D eigenvalue weighted by atomic mass is 9.47. The molecule has 212 valence electrons. The van der Waals surface area contributed by atoms with Gasteiger partial charge in [-0.1, -0.05) is 97.1 Å². The van der Waals surface area contributed by atoms with Crippen molar-refractivity contribution in [1.82, 2.24) is 0 Å². The molecule has 0 aromatic heterocycles. The zero-order valence-corrected chi connectivity index (χ0v) is 24.8. The minimum absolute atomic E-state index is 0.000982. The molecule has 3 saturated carbocycles. The average molecular weight is 515 g/mol. The summed E-state index contributed by atoms with van der Waals surface area (Å²) in [6, 6.07) is 0. The smallest absolute Gasteiger partial charge is 0.434 e. The fourth-order valence-corrected chi connectivity index (χ4v) is 9.34. The van der Waals surface area contributed by atoms with Gasteiger partial charge in [0.15, 0.2) is 0 Å². The fourth-order valence-electron chi connectivity index (χ4n) is 9.34. The quantitative estimate of drug-likeness (QED) is 0.139. The van der Waals surface area contributed by atoms with E-state index in [0.29, 0.717) is 17.4 Å². The Morgan fingerprint density at radius 3 is 2.38 bits per heavy atom. The highest BCUT2D eigenvalue weighted by atomic mass is 16.7. The van der Waals surface area contributed by atoms with Crippen molar-refractivity contribution in [1.29, 1.82) is 0 Å². The van der Waals surface area contributed by atoms with Gasteiger partial charge in [-0.05, 0) is 92.3 Å². The first-order valence-corrected chi connectivity index (χ1v) is 16.4. The van der Waals surface area contributed by atoms with Gasteiger partial charge in [-0.2, -0.15) is 0 Å². The van der Waals surface area contributed by atoms with Crippen molar-refractivity contribution in [3.8, 4) is 0 Å². The predicted octanol–water partition coefficient (Wildman–Crippen LogP) is 10.4. The van der Waals surface area contributed by atoms with Crippen molar-refractivity contribution in [2.75, 3.05) is 6.61 Å². The number of allylic oxidation sites excluding steroid dienone is 1. The molecule has 0 aromatic carbocycles. The van der Waals surface area contributed by atoms with Crippen LogP contribution in [0.1, 0.15) is 150 Å². The summed E-state index contributed by atoms with van der Waals surface area (Å²) in [5.74, 6) is 3.57. The van der Waals surface area contributed by atoms with Crippen LogP contribution in [0, 0.1) is 34.5 Å². The Morgan fingerprint density at radius 2 is 1.59 bits per heavy atom. The number of carbonyl (C=O) groups is 1. The lowest BCUT2D eigenvalue weighted by Crippen LogP contribution is -2.50. The van der Waals surface area contributed by atoms with Crippen LogP contribution in [0.3, 0.4) is 0 Å². The molecule has 0 spiro atoms. The molecule has 3 fully saturated rings. The van der Waals surface area contributed by atoms with Gasteiger partial charge in [0.05, 0.1) is 6.61 Å². The average Bonchev–Trinajstić information content (AvgIpc) is 3.22. The third-order valence-electron chi connectivity index (χ3n) is 11.6. The van der Waals surface area contributed by atoms with Crippen molar-refractivity contribution in [2.24, 2.45) is 34.5 Å². The second-order valence-corrected chi connectivity index (χ2v) is 13.8. The van der Waals surface area contributed by atoms with E-state index in [1.54, 1.807) is 5.57 Å². The molecule has 37 heavy (non-hydrogen) atoms. The maximum absolute atomic E-state index is 12.3. The van der Waals surface area contributed by atoms with Gasteiger partial charge in [0.2, 0.25) is 0 Å². The third kappa shape index (κ3) is 6.60. The van der Waals surface area contributed by atoms with E-state index in [-0.39, 0.29) is 6.10 Å². The molecule has 0 aromatic rings. The molecule has 0 N–H and O–H groups in total. The first kappa shape index (κ1) is 29.0. The summed E-state index contributed by atoms with van der Waals surface area (Å²) < 4.78 is 11.2. The summed E-state index contributed by atoms with van der Waals surface area (Å²) >= 11 is 0. The minimum Gasteiger partial charge on any atom is -0.434 e. The van der Waals surface area contributed by atoms with Gasteiger partial charge >= 0.3 is 6.16 Å². The summed E-state index contributed by atoms with van der Waals surface area (Å²) in [5.41, 5.74) is 2.48. The maximum atomic E-state index is 12.3. The van der Waals surface area contributed by atoms with Gasteiger partial charge in [0.1, 0.15) is 6.10 Å². The summed E-state index contributed by atoms with van der Waals surface area (Å²) in [4.78, 5) is 12.3. The maximum Gasteiger partial charge on any atom is 0.508 e. The largest absolute Gasteiger partial charge is 0.508 e. The van der Waals surface area contributed by atoms with E-state index < -0.39 is 6.16 Å². The molecule has 3 heteroatoms. The second-order valence-electron chi connectivity index (χ2n) is 13.8. The van der Waals surface area contributed by atoms with E-state index in [0.717, 1.165) is 49.4 Å². The minimum atomic E-state index is -0.449. The van der Waals surface area contributed by atoms with Crippen molar-refractivity contribution >= 4 is 6.16 Å². The molecule has 4 aliphatic rings. The van der Waals surface area contributed by atoms with E-state index in [2.05, 4.69) is 33.8 Å². The molecule has 4 aliphatic carbocycles. The Hall–Kier alpha value is -0.990. The van der Waals surface area contributed by atoms with Gasteiger partial charge in [-0.15, -0.1) is 0 Å². The number of ether oxygens (including phenoxy) is 2. The highest BCUT2D eigenvalue weighted by Crippen LogP contribution is 2.66. The van der Waals surface area contributed by atoms with E-state index >= 15 is 0 Å². The normalized spacial score (nSPS) is 36.8. The monoisotopic (exact) mass is 514 g/mol. The Morgan fingerprint density at radius 1 is 0.865 bits per heavy atom. The van der Waals surface area contributed by atoms with Crippen molar-refractivity contribution in [3.05, 3.63) is 11.6 Å². The summed E-state index contributed by atoms with van der Waals surface area (Å²) in [5, 5.41) is 0. The van der Waals surface area contributed by atoms with Crippen LogP contribution in [0.25, 0.3) is 0 Å². The van der Waals surface area contributed by atoms with Crippen molar-refractivity contribution in [3.63, 3.8) is 0 Å². The number of fused-ring (bicyclic) bond motifs is 5. The van der Waals surface area contributed by atoms with Gasteiger partial charge in [-0.25, -0.2) is 4.79 Å². The molecular weight excluding hydrogens is 456 g/mol. The molecule has 7 atom stereocenters. The molecule has 0 amide bonds. The zero-order valence-electron chi connectivity index (χ0n) is 24.8. The summed E-state index contributed by atoms with van der Waals surface area (Å²) in [7, 11) is 0. The number of hydrogen-bond acceptors (Lipinski definition) is 3. The fraction of sp³-hybridized carbons (Fsp3) is 0.912. The van der Waals surface area contributed by atoms with Crippen LogP contribution in [0.5, 0.6) is 0 Å². The summed E-state index contributed by atoms with van der Waals surface area (Å²) in [6.45, 7) is 10.2. The molecule has 0 unspecified atom stereocenters. The standard InChI is InChI=1S/C34H58O3/c1-5-7-9-11-12-13-15-26-17-19-30-29-18-16-27-25-28(37-32(35)36-24-14-10-8-6-2)20-22-34(27,4)31(29)21-23-33(26,30)3/h16,26,28-31H,5-15,17-25H2,1-4H3/t26-,28-,29-,30-,31-,33+,34-/m0/s1. The molecule has 0 aliphatic heterocycles. The molecule has 3 nitrogen and oxygen atoms in total. The lowest BCUT2D eigenvalue weighted by Gasteiger charge is -2.58. The molecule has 0 saturated heterocycles. The Balaban J connectivity index is 1.29. The van der Waals surface area contributed by atoms with E-state index in [9.17, 15) is 4.79 Å². The Labute approximate surface area is 228 Å². The van der Waals surface area contributed by atoms with Gasteiger partial charge < -0.3 is 9.47 Å². The Kier molecular flexibility index (Phi) is 10.5. The molecular formula is C34H58O3. The van der Waals surface area contributed by atoms with Crippen LogP contribution in [0.4, 0.5) is 4.79 Å². The van der Waals surface area contributed by atoms with Crippen LogP contribution in [-0.4, -0.2) is 18.9 Å². The number of rotatable bonds is 13. The van der Waals surface area contributed by atoms with Crippen LogP contribution in [0.2, 0.25) is 0 Å². The van der Waals surface area contributed by atoms with Gasteiger partial charge in [0.25, 0.3) is 0 Å². The first-order chi connectivity index (χ1) is 17.9. The second kappa shape index (κ2) is 13.4. The predicted molar refractivity (Wildman–Crippen MR) is 154 cm³/mol. The molecule has 0 heterocycles. The number of unbranched alkanes of at least 4 members (excludes halogenated alkanes) is 8. The van der Waals surface area contributed by atoms with E-state index in [4.69, 9.17) is 9.47 Å². The molecule has 4 rings (SSSR count). The van der Waals surface area contributed by atoms with Crippen LogP contribution < -0.4 is 0 Å². The highest BCUT2D eigenvalue weighted by molar-refractivity contribution is 5.60.